The second-order valence-corrected chi connectivity index (χ2v) is 7.43. The van der Waals surface area contributed by atoms with Crippen molar-refractivity contribution < 1.29 is 0 Å². The fourth-order valence-corrected chi connectivity index (χ4v) is 5.02. The van der Waals surface area contributed by atoms with Crippen molar-refractivity contribution in [3.63, 3.8) is 0 Å². The Morgan fingerprint density at radius 3 is 2.72 bits per heavy atom. The number of aromatic nitrogens is 2. The minimum Gasteiger partial charge on any atom is -0.291 e. The van der Waals surface area contributed by atoms with Gasteiger partial charge in [-0.2, -0.15) is 0 Å². The van der Waals surface area contributed by atoms with Crippen LogP contribution >= 0.6 is 11.3 Å². The van der Waals surface area contributed by atoms with Gasteiger partial charge < -0.3 is 0 Å². The lowest BCUT2D eigenvalue weighted by atomic mass is 9.73. The van der Waals surface area contributed by atoms with Crippen molar-refractivity contribution >= 4 is 16.3 Å². The molecule has 0 N–H and O–H groups in total. The molecule has 0 aromatic carbocycles. The smallest absolute Gasteiger partial charge is 0.194 e. The van der Waals surface area contributed by atoms with Gasteiger partial charge in [-0.1, -0.05) is 12.8 Å². The Kier molecular flexibility index (Phi) is 2.20. The highest BCUT2D eigenvalue weighted by molar-refractivity contribution is 7.17. The van der Waals surface area contributed by atoms with Crippen LogP contribution in [0, 0.1) is 19.3 Å². The van der Waals surface area contributed by atoms with Gasteiger partial charge in [0.2, 0.25) is 0 Å². The zero-order valence-corrected chi connectivity index (χ0v) is 12.1. The van der Waals surface area contributed by atoms with Gasteiger partial charge in [-0.15, -0.1) is 11.3 Å². The molecule has 0 saturated heterocycles. The summed E-state index contributed by atoms with van der Waals surface area (Å²) in [5.41, 5.74) is 4.98. The molecule has 0 amide bonds. The van der Waals surface area contributed by atoms with Crippen molar-refractivity contribution in [3.8, 4) is 0 Å². The number of nitrogens with zero attached hydrogens (tertiary/aromatic N) is 2. The molecule has 1 spiro atoms. The van der Waals surface area contributed by atoms with Crippen LogP contribution in [0.1, 0.15) is 54.1 Å². The van der Waals surface area contributed by atoms with Crippen molar-refractivity contribution in [2.45, 2.75) is 58.8 Å². The predicted molar refractivity (Wildman–Crippen MR) is 75.5 cm³/mol. The second kappa shape index (κ2) is 3.60. The molecule has 4 rings (SSSR count). The molecule has 2 aromatic rings. The summed E-state index contributed by atoms with van der Waals surface area (Å²) in [5.74, 6) is 0. The van der Waals surface area contributed by atoms with E-state index in [4.69, 9.17) is 4.98 Å². The lowest BCUT2D eigenvalue weighted by Crippen LogP contribution is -2.26. The Morgan fingerprint density at radius 1 is 1.17 bits per heavy atom. The van der Waals surface area contributed by atoms with Gasteiger partial charge in [0.15, 0.2) is 4.96 Å². The zero-order valence-electron chi connectivity index (χ0n) is 11.3. The highest BCUT2D eigenvalue weighted by Gasteiger charge is 2.39. The number of fused-ring (bicyclic) bond motifs is 3. The first-order valence-electron chi connectivity index (χ1n) is 7.15. The molecule has 96 valence electrons. The molecule has 2 heterocycles. The van der Waals surface area contributed by atoms with Gasteiger partial charge in [-0.25, -0.2) is 4.98 Å². The van der Waals surface area contributed by atoms with Crippen LogP contribution in [0.25, 0.3) is 4.96 Å². The summed E-state index contributed by atoms with van der Waals surface area (Å²) in [6.45, 7) is 4.46. The van der Waals surface area contributed by atoms with Crippen LogP contribution in [0.15, 0.2) is 0 Å². The van der Waals surface area contributed by atoms with Crippen molar-refractivity contribution in [2.75, 3.05) is 0 Å². The number of hydrogen-bond donors (Lipinski definition) is 0. The van der Waals surface area contributed by atoms with Gasteiger partial charge in [-0.3, -0.25) is 4.40 Å². The van der Waals surface area contributed by atoms with Gasteiger partial charge in [-0.05, 0) is 51.4 Å². The third-order valence-electron chi connectivity index (χ3n) is 5.21. The molecule has 0 atom stereocenters. The molecule has 0 radical (unpaired) electrons. The summed E-state index contributed by atoms with van der Waals surface area (Å²) >= 11 is 1.86. The largest absolute Gasteiger partial charge is 0.291 e. The summed E-state index contributed by atoms with van der Waals surface area (Å²) in [7, 11) is 0. The van der Waals surface area contributed by atoms with E-state index >= 15 is 0 Å². The second-order valence-electron chi connectivity index (χ2n) is 6.25. The van der Waals surface area contributed by atoms with Crippen LogP contribution in [0.5, 0.6) is 0 Å². The van der Waals surface area contributed by atoms with E-state index in [0.717, 1.165) is 0 Å². The predicted octanol–water partition coefficient (Wildman–Crippen LogP) is 4.06. The number of thiazole rings is 1. The molecule has 0 bridgehead atoms. The molecule has 1 fully saturated rings. The normalized spacial score (nSPS) is 21.9. The minimum absolute atomic E-state index is 0.630. The van der Waals surface area contributed by atoms with Crippen LogP contribution in [0.4, 0.5) is 0 Å². The van der Waals surface area contributed by atoms with E-state index in [0.29, 0.717) is 5.41 Å². The van der Waals surface area contributed by atoms with E-state index in [1.807, 2.05) is 11.3 Å². The van der Waals surface area contributed by atoms with E-state index in [2.05, 4.69) is 18.2 Å². The Hall–Kier alpha value is -0.830. The first kappa shape index (κ1) is 11.0. The van der Waals surface area contributed by atoms with E-state index in [-0.39, 0.29) is 0 Å². The maximum atomic E-state index is 4.87. The fourth-order valence-electron chi connectivity index (χ4n) is 4.02. The first-order chi connectivity index (χ1) is 8.69. The molecule has 0 aliphatic heterocycles. The molecule has 2 nitrogen and oxygen atoms in total. The van der Waals surface area contributed by atoms with Crippen molar-refractivity contribution in [3.05, 3.63) is 22.0 Å². The maximum absolute atomic E-state index is 4.87. The summed E-state index contributed by atoms with van der Waals surface area (Å²) in [6.07, 6.45) is 9.65. The molecule has 0 unspecified atom stereocenters. The Bertz CT molecular complexity index is 614. The third-order valence-corrected chi connectivity index (χ3v) is 6.27. The van der Waals surface area contributed by atoms with Crippen LogP contribution in [0.2, 0.25) is 0 Å². The number of rotatable bonds is 0. The van der Waals surface area contributed by atoms with Crippen LogP contribution in [-0.4, -0.2) is 9.38 Å². The number of hydrogen-bond acceptors (Lipinski definition) is 2. The summed E-state index contributed by atoms with van der Waals surface area (Å²) in [4.78, 5) is 7.52. The monoisotopic (exact) mass is 260 g/mol. The van der Waals surface area contributed by atoms with Gasteiger partial charge >= 0.3 is 0 Å². The first-order valence-corrected chi connectivity index (χ1v) is 7.96. The summed E-state index contributed by atoms with van der Waals surface area (Å²) in [6, 6.07) is 0. The van der Waals surface area contributed by atoms with Crippen LogP contribution in [-0.2, 0) is 12.8 Å². The molecular formula is C15H20N2S. The highest BCUT2D eigenvalue weighted by atomic mass is 32.1. The van der Waals surface area contributed by atoms with E-state index in [9.17, 15) is 0 Å². The van der Waals surface area contributed by atoms with Gasteiger partial charge in [0.05, 0.1) is 5.69 Å². The molecule has 2 aromatic heterocycles. The standard InChI is InChI=1S/C15H20N2S/c1-10-11(2)18-14-16-12-5-8-15(6-3-4-7-15)9-13(12)17(10)14/h3-9H2,1-2H3. The maximum Gasteiger partial charge on any atom is 0.194 e. The topological polar surface area (TPSA) is 17.3 Å². The molecule has 1 saturated carbocycles. The van der Waals surface area contributed by atoms with Crippen molar-refractivity contribution in [1.29, 1.82) is 0 Å². The lowest BCUT2D eigenvalue weighted by Gasteiger charge is -2.32. The Morgan fingerprint density at radius 2 is 1.94 bits per heavy atom. The molecule has 18 heavy (non-hydrogen) atoms. The lowest BCUT2D eigenvalue weighted by molar-refractivity contribution is 0.250. The van der Waals surface area contributed by atoms with E-state index < -0.39 is 0 Å². The van der Waals surface area contributed by atoms with Gasteiger partial charge in [0.25, 0.3) is 0 Å². The SMILES string of the molecule is Cc1sc2nc3c(n2c1C)CC1(CCCC1)CC3. The molecule has 2 aliphatic carbocycles. The quantitative estimate of drug-likeness (QED) is 0.698. The zero-order chi connectivity index (χ0) is 12.3. The average molecular weight is 260 g/mol. The minimum atomic E-state index is 0.630. The van der Waals surface area contributed by atoms with Gasteiger partial charge in [0.1, 0.15) is 0 Å². The van der Waals surface area contributed by atoms with E-state index in [1.165, 1.54) is 66.2 Å². The Balaban J connectivity index is 1.88. The van der Waals surface area contributed by atoms with Gasteiger partial charge in [0, 0.05) is 16.3 Å². The Labute approximate surface area is 112 Å². The average Bonchev–Trinajstić information content (AvgIpc) is 2.99. The van der Waals surface area contributed by atoms with Crippen molar-refractivity contribution in [2.24, 2.45) is 5.41 Å². The molecule has 3 heteroatoms. The highest BCUT2D eigenvalue weighted by Crippen LogP contribution is 2.48. The number of aryl methyl sites for hydroxylation is 3. The van der Waals surface area contributed by atoms with Crippen LogP contribution < -0.4 is 0 Å². The summed E-state index contributed by atoms with van der Waals surface area (Å²) in [5, 5.41) is 0. The summed E-state index contributed by atoms with van der Waals surface area (Å²) < 4.78 is 2.45. The molecule has 2 aliphatic rings. The van der Waals surface area contributed by atoms with Crippen LogP contribution in [0.3, 0.4) is 0 Å². The van der Waals surface area contributed by atoms with E-state index in [1.54, 1.807) is 5.69 Å². The number of imidazole rings is 1. The fraction of sp³-hybridized carbons (Fsp3) is 0.667. The molecular weight excluding hydrogens is 240 g/mol. The third kappa shape index (κ3) is 1.37. The van der Waals surface area contributed by atoms with Crippen molar-refractivity contribution in [1.82, 2.24) is 9.38 Å².